The van der Waals surface area contributed by atoms with Crippen molar-refractivity contribution in [3.63, 3.8) is 0 Å². The zero-order valence-electron chi connectivity index (χ0n) is 11.2. The van der Waals surface area contributed by atoms with Gasteiger partial charge in [0.15, 0.2) is 0 Å². The van der Waals surface area contributed by atoms with Gasteiger partial charge >= 0.3 is 0 Å². The summed E-state index contributed by atoms with van der Waals surface area (Å²) in [6, 6.07) is 10.1. The third-order valence-corrected chi connectivity index (χ3v) is 3.42. The molecule has 0 radical (unpaired) electrons. The predicted molar refractivity (Wildman–Crippen MR) is 80.0 cm³/mol. The fourth-order valence-electron chi connectivity index (χ4n) is 1.67. The molecule has 100 valence electrons. The predicted octanol–water partition coefficient (Wildman–Crippen LogP) is 3.55. The minimum Gasteiger partial charge on any atom is -0.356 e. The van der Waals surface area contributed by atoms with Crippen LogP contribution in [-0.4, -0.2) is 17.8 Å². The second-order valence-corrected chi connectivity index (χ2v) is 6.16. The van der Waals surface area contributed by atoms with Crippen LogP contribution in [-0.2, 0) is 11.2 Å². The molecular formula is C15H22BrNO. The van der Waals surface area contributed by atoms with Gasteiger partial charge in [-0.3, -0.25) is 4.79 Å². The van der Waals surface area contributed by atoms with Gasteiger partial charge in [-0.25, -0.2) is 0 Å². The molecule has 18 heavy (non-hydrogen) atoms. The van der Waals surface area contributed by atoms with Gasteiger partial charge in [-0.15, -0.1) is 0 Å². The molecule has 1 aromatic rings. The standard InChI is InChI=1S/C15H22BrNO/c1-15(2,10-11-16)12-17-14(18)9-8-13-6-4-3-5-7-13/h3-7H,8-12H2,1-2H3,(H,17,18). The molecule has 0 atom stereocenters. The van der Waals surface area contributed by atoms with Crippen molar-refractivity contribution in [2.75, 3.05) is 11.9 Å². The van der Waals surface area contributed by atoms with Crippen molar-refractivity contribution in [2.45, 2.75) is 33.1 Å². The van der Waals surface area contributed by atoms with E-state index in [1.165, 1.54) is 5.56 Å². The Morgan fingerprint density at radius 2 is 1.94 bits per heavy atom. The van der Waals surface area contributed by atoms with Crippen LogP contribution in [0.2, 0.25) is 0 Å². The first-order valence-electron chi connectivity index (χ1n) is 6.40. The lowest BCUT2D eigenvalue weighted by Crippen LogP contribution is -2.34. The van der Waals surface area contributed by atoms with Crippen molar-refractivity contribution in [1.29, 1.82) is 0 Å². The third kappa shape index (κ3) is 6.20. The van der Waals surface area contributed by atoms with Gasteiger partial charge < -0.3 is 5.32 Å². The molecule has 1 N–H and O–H groups in total. The summed E-state index contributed by atoms with van der Waals surface area (Å²) in [7, 11) is 0. The molecule has 0 heterocycles. The van der Waals surface area contributed by atoms with E-state index in [9.17, 15) is 4.79 Å². The maximum absolute atomic E-state index is 11.7. The average Bonchev–Trinajstić information content (AvgIpc) is 2.35. The summed E-state index contributed by atoms with van der Waals surface area (Å²) in [5, 5.41) is 3.99. The maximum atomic E-state index is 11.7. The summed E-state index contributed by atoms with van der Waals surface area (Å²) in [6.07, 6.45) is 2.44. The van der Waals surface area contributed by atoms with E-state index in [4.69, 9.17) is 0 Å². The minimum absolute atomic E-state index is 0.140. The van der Waals surface area contributed by atoms with E-state index in [0.29, 0.717) is 6.42 Å². The summed E-state index contributed by atoms with van der Waals surface area (Å²) in [4.78, 5) is 11.7. The molecule has 0 aliphatic heterocycles. The molecule has 0 aliphatic rings. The highest BCUT2D eigenvalue weighted by atomic mass is 79.9. The highest BCUT2D eigenvalue weighted by molar-refractivity contribution is 9.09. The molecule has 0 aromatic heterocycles. The molecule has 0 unspecified atom stereocenters. The van der Waals surface area contributed by atoms with Crippen molar-refractivity contribution in [1.82, 2.24) is 5.32 Å². The van der Waals surface area contributed by atoms with Crippen molar-refractivity contribution >= 4 is 21.8 Å². The van der Waals surface area contributed by atoms with E-state index in [-0.39, 0.29) is 11.3 Å². The molecule has 1 rings (SSSR count). The van der Waals surface area contributed by atoms with Gasteiger partial charge in [0.25, 0.3) is 0 Å². The highest BCUT2D eigenvalue weighted by Gasteiger charge is 2.17. The Balaban J connectivity index is 2.26. The number of benzene rings is 1. The number of halogens is 1. The maximum Gasteiger partial charge on any atom is 0.220 e. The Kier molecular flexibility index (Phi) is 6.41. The van der Waals surface area contributed by atoms with Crippen LogP contribution < -0.4 is 5.32 Å². The topological polar surface area (TPSA) is 29.1 Å². The van der Waals surface area contributed by atoms with Crippen LogP contribution in [0.15, 0.2) is 30.3 Å². The lowest BCUT2D eigenvalue weighted by molar-refractivity contribution is -0.121. The largest absolute Gasteiger partial charge is 0.356 e. The van der Waals surface area contributed by atoms with Crippen molar-refractivity contribution in [3.8, 4) is 0 Å². The number of nitrogens with one attached hydrogen (secondary N) is 1. The molecule has 1 aromatic carbocycles. The fraction of sp³-hybridized carbons (Fsp3) is 0.533. The van der Waals surface area contributed by atoms with Gasteiger partial charge in [-0.05, 0) is 23.8 Å². The molecule has 0 bridgehead atoms. The van der Waals surface area contributed by atoms with Crippen LogP contribution >= 0.6 is 15.9 Å². The number of carbonyl (C=O) groups excluding carboxylic acids is 1. The molecule has 2 nitrogen and oxygen atoms in total. The van der Waals surface area contributed by atoms with Gasteiger partial charge in [0.2, 0.25) is 5.91 Å². The number of alkyl halides is 1. The van der Waals surface area contributed by atoms with Crippen LogP contribution in [0.4, 0.5) is 0 Å². The Bertz CT molecular complexity index is 362. The lowest BCUT2D eigenvalue weighted by atomic mass is 9.90. The van der Waals surface area contributed by atoms with Crippen LogP contribution in [0.3, 0.4) is 0 Å². The molecule has 3 heteroatoms. The van der Waals surface area contributed by atoms with E-state index in [0.717, 1.165) is 24.7 Å². The number of hydrogen-bond donors (Lipinski definition) is 1. The number of hydrogen-bond acceptors (Lipinski definition) is 1. The van der Waals surface area contributed by atoms with Crippen LogP contribution in [0.25, 0.3) is 0 Å². The number of aryl methyl sites for hydroxylation is 1. The molecular weight excluding hydrogens is 290 g/mol. The van der Waals surface area contributed by atoms with Gasteiger partial charge in [0, 0.05) is 18.3 Å². The fourth-order valence-corrected chi connectivity index (χ4v) is 2.75. The summed E-state index contributed by atoms with van der Waals surface area (Å²) in [5.41, 5.74) is 1.37. The van der Waals surface area contributed by atoms with Crippen LogP contribution in [0, 0.1) is 5.41 Å². The molecule has 0 saturated carbocycles. The van der Waals surface area contributed by atoms with Crippen molar-refractivity contribution in [2.24, 2.45) is 5.41 Å². The Morgan fingerprint density at radius 3 is 2.56 bits per heavy atom. The van der Waals surface area contributed by atoms with Crippen LogP contribution in [0.1, 0.15) is 32.3 Å². The minimum atomic E-state index is 0.140. The lowest BCUT2D eigenvalue weighted by Gasteiger charge is -2.23. The normalized spacial score (nSPS) is 11.3. The summed E-state index contributed by atoms with van der Waals surface area (Å²) in [5.74, 6) is 0.140. The monoisotopic (exact) mass is 311 g/mol. The van der Waals surface area contributed by atoms with E-state index in [2.05, 4.69) is 47.2 Å². The number of rotatable bonds is 7. The smallest absolute Gasteiger partial charge is 0.220 e. The zero-order chi connectivity index (χ0) is 13.4. The molecule has 0 spiro atoms. The van der Waals surface area contributed by atoms with Gasteiger partial charge in [-0.2, -0.15) is 0 Å². The first-order valence-corrected chi connectivity index (χ1v) is 7.52. The highest BCUT2D eigenvalue weighted by Crippen LogP contribution is 2.19. The summed E-state index contributed by atoms with van der Waals surface area (Å²) in [6.45, 7) is 5.09. The third-order valence-electron chi connectivity index (χ3n) is 3.02. The van der Waals surface area contributed by atoms with E-state index < -0.39 is 0 Å². The number of carbonyl (C=O) groups is 1. The van der Waals surface area contributed by atoms with Gasteiger partial charge in [0.1, 0.15) is 0 Å². The van der Waals surface area contributed by atoms with Gasteiger partial charge in [0.05, 0.1) is 0 Å². The second kappa shape index (κ2) is 7.57. The van der Waals surface area contributed by atoms with Gasteiger partial charge in [-0.1, -0.05) is 60.1 Å². The summed E-state index contributed by atoms with van der Waals surface area (Å²) < 4.78 is 0. The Hall–Kier alpha value is -0.830. The molecule has 1 amide bonds. The first-order chi connectivity index (χ1) is 8.53. The van der Waals surface area contributed by atoms with E-state index >= 15 is 0 Å². The van der Waals surface area contributed by atoms with E-state index in [1.54, 1.807) is 0 Å². The Labute approximate surface area is 118 Å². The van der Waals surface area contributed by atoms with Crippen LogP contribution in [0.5, 0.6) is 0 Å². The SMILES string of the molecule is CC(C)(CCBr)CNC(=O)CCc1ccccc1. The van der Waals surface area contributed by atoms with Crippen molar-refractivity contribution < 1.29 is 4.79 Å². The quantitative estimate of drug-likeness (QED) is 0.767. The molecule has 0 fully saturated rings. The average molecular weight is 312 g/mol. The molecule has 0 aliphatic carbocycles. The first kappa shape index (κ1) is 15.2. The second-order valence-electron chi connectivity index (χ2n) is 5.37. The number of amides is 1. The zero-order valence-corrected chi connectivity index (χ0v) is 12.8. The molecule has 0 saturated heterocycles. The van der Waals surface area contributed by atoms with E-state index in [1.807, 2.05) is 18.2 Å². The summed E-state index contributed by atoms with van der Waals surface area (Å²) >= 11 is 3.44. The Morgan fingerprint density at radius 1 is 1.28 bits per heavy atom. The van der Waals surface area contributed by atoms with Crippen molar-refractivity contribution in [3.05, 3.63) is 35.9 Å².